The second-order valence-corrected chi connectivity index (χ2v) is 2.77. The average Bonchev–Trinajstić information content (AvgIpc) is 2.52. The van der Waals surface area contributed by atoms with Gasteiger partial charge in [-0.2, -0.15) is 5.11 Å². The number of unbranched alkanes of at least 4 members (excludes halogenated alkanes) is 2. The van der Waals surface area contributed by atoms with E-state index in [1.807, 2.05) is 0 Å². The lowest BCUT2D eigenvalue weighted by Gasteiger charge is -1.91. The molecule has 1 aromatic heterocycles. The fraction of sp³-hybridized carbons (Fsp3) is 0.625. The third kappa shape index (κ3) is 3.23. The van der Waals surface area contributed by atoms with Crippen LogP contribution in [0.1, 0.15) is 26.2 Å². The van der Waals surface area contributed by atoms with Crippen molar-refractivity contribution >= 4 is 0 Å². The summed E-state index contributed by atoms with van der Waals surface area (Å²) in [5.41, 5.74) is -0.181. The lowest BCUT2D eigenvalue weighted by molar-refractivity contribution is 0.621. The van der Waals surface area contributed by atoms with Crippen LogP contribution < -0.4 is 5.56 Å². The monoisotopic (exact) mass is 182 g/mol. The van der Waals surface area contributed by atoms with Crippen molar-refractivity contribution < 1.29 is 0 Å². The van der Waals surface area contributed by atoms with Crippen LogP contribution in [0.25, 0.3) is 0 Å². The summed E-state index contributed by atoms with van der Waals surface area (Å²) in [7, 11) is 0. The Hall–Kier alpha value is -1.39. The Balaban J connectivity index is 2.33. The van der Waals surface area contributed by atoms with E-state index < -0.39 is 0 Å². The number of hydrogen-bond acceptors (Lipinski definition) is 3. The van der Waals surface area contributed by atoms with Crippen LogP contribution >= 0.6 is 0 Å². The molecule has 1 aromatic rings. The van der Waals surface area contributed by atoms with Gasteiger partial charge in [-0.25, -0.2) is 0 Å². The van der Waals surface area contributed by atoms with E-state index in [-0.39, 0.29) is 5.56 Å². The Labute approximate surface area is 76.4 Å². The van der Waals surface area contributed by atoms with Gasteiger partial charge in [-0.15, -0.1) is 4.79 Å². The minimum atomic E-state index is -0.181. The molecular weight excluding hydrogens is 168 g/mol. The van der Waals surface area contributed by atoms with Crippen molar-refractivity contribution in [2.75, 3.05) is 6.54 Å². The van der Waals surface area contributed by atoms with Gasteiger partial charge in [0.15, 0.2) is 0 Å². The predicted molar refractivity (Wildman–Crippen MR) is 49.7 cm³/mol. The maximum atomic E-state index is 10.9. The fourth-order valence-electron chi connectivity index (χ4n) is 0.924. The van der Waals surface area contributed by atoms with Gasteiger partial charge in [0.1, 0.15) is 0 Å². The van der Waals surface area contributed by atoms with Crippen molar-refractivity contribution in [3.05, 3.63) is 22.6 Å². The molecule has 72 valence electrons. The highest BCUT2D eigenvalue weighted by atomic mass is 16.1. The Kier molecular flexibility index (Phi) is 3.95. The third-order valence-electron chi connectivity index (χ3n) is 1.65. The lowest BCUT2D eigenvalue weighted by Crippen LogP contribution is -2.09. The summed E-state index contributed by atoms with van der Waals surface area (Å²) in [4.78, 5) is 12.0. The number of aromatic nitrogens is 2. The van der Waals surface area contributed by atoms with Gasteiger partial charge in [0.2, 0.25) is 0 Å². The van der Waals surface area contributed by atoms with Crippen LogP contribution in [0.3, 0.4) is 0 Å². The summed E-state index contributed by atoms with van der Waals surface area (Å²) in [6.45, 7) is 2.81. The molecule has 0 atom stereocenters. The van der Waals surface area contributed by atoms with E-state index >= 15 is 0 Å². The normalized spacial score (nSPS) is 11.2. The van der Waals surface area contributed by atoms with E-state index in [0.717, 1.165) is 24.1 Å². The fourth-order valence-corrected chi connectivity index (χ4v) is 0.924. The van der Waals surface area contributed by atoms with Gasteiger partial charge in [-0.1, -0.05) is 19.8 Å². The van der Waals surface area contributed by atoms with Crippen LogP contribution in [0.2, 0.25) is 0 Å². The first-order valence-corrected chi connectivity index (χ1v) is 4.49. The molecule has 0 radical (unpaired) electrons. The summed E-state index contributed by atoms with van der Waals surface area (Å²) in [5.74, 6) is 0. The van der Waals surface area contributed by atoms with Gasteiger partial charge >= 0.3 is 0 Å². The molecule has 1 heterocycles. The number of rotatable bonds is 5. The van der Waals surface area contributed by atoms with Gasteiger partial charge < -0.3 is 0 Å². The van der Waals surface area contributed by atoms with E-state index in [1.165, 1.54) is 12.3 Å². The Morgan fingerprint density at radius 1 is 1.54 bits per heavy atom. The summed E-state index contributed by atoms with van der Waals surface area (Å²) in [5, 5.41) is 10.2. The van der Waals surface area contributed by atoms with E-state index in [2.05, 4.69) is 22.4 Å². The number of nitrogens with zero attached hydrogens (tertiary/aromatic N) is 3. The zero-order valence-corrected chi connectivity index (χ0v) is 7.73. The highest BCUT2D eigenvalue weighted by molar-refractivity contribution is 4.78. The molecular formula is C8H14N4O. The van der Waals surface area contributed by atoms with Crippen LogP contribution in [0.4, 0.5) is 0 Å². The molecule has 5 nitrogen and oxygen atoms in total. The van der Waals surface area contributed by atoms with E-state index in [1.54, 1.807) is 0 Å². The average molecular weight is 182 g/mol. The van der Waals surface area contributed by atoms with Gasteiger partial charge in [-0.3, -0.25) is 9.89 Å². The van der Waals surface area contributed by atoms with Crippen LogP contribution in [0, 0.1) is 0 Å². The zero-order chi connectivity index (χ0) is 9.52. The molecule has 0 saturated heterocycles. The van der Waals surface area contributed by atoms with Gasteiger partial charge in [0.25, 0.3) is 5.56 Å². The Morgan fingerprint density at radius 3 is 3.00 bits per heavy atom. The topological polar surface area (TPSA) is 62.5 Å². The van der Waals surface area contributed by atoms with Crippen LogP contribution in [0.15, 0.2) is 27.4 Å². The molecule has 0 fully saturated rings. The van der Waals surface area contributed by atoms with Crippen molar-refractivity contribution in [1.82, 2.24) is 9.89 Å². The van der Waals surface area contributed by atoms with Gasteiger partial charge in [-0.05, 0) is 11.6 Å². The first kappa shape index (κ1) is 9.70. The molecule has 0 bridgehead atoms. The van der Waals surface area contributed by atoms with E-state index in [0.29, 0.717) is 6.54 Å². The van der Waals surface area contributed by atoms with Crippen molar-refractivity contribution in [2.45, 2.75) is 26.2 Å². The maximum Gasteiger partial charge on any atom is 0.289 e. The SMILES string of the molecule is CCCCCN=Nn1[nH]ccc1=O. The van der Waals surface area contributed by atoms with E-state index in [9.17, 15) is 4.79 Å². The molecule has 1 N–H and O–H groups in total. The minimum Gasteiger partial charge on any atom is -0.281 e. The standard InChI is InChI=1S/C8H14N4O/c1-2-3-4-6-9-11-12-8(13)5-7-10-12/h5,7,10H,2-4,6H2,1H3. The second-order valence-electron chi connectivity index (χ2n) is 2.77. The summed E-state index contributed by atoms with van der Waals surface area (Å²) in [6, 6.07) is 1.41. The molecule has 0 aliphatic carbocycles. The molecule has 0 aromatic carbocycles. The lowest BCUT2D eigenvalue weighted by atomic mass is 10.3. The molecule has 0 saturated carbocycles. The number of aromatic amines is 1. The minimum absolute atomic E-state index is 0.181. The molecule has 0 aliphatic rings. The first-order chi connectivity index (χ1) is 6.34. The smallest absolute Gasteiger partial charge is 0.281 e. The molecule has 13 heavy (non-hydrogen) atoms. The van der Waals surface area contributed by atoms with Crippen LogP contribution in [-0.4, -0.2) is 16.4 Å². The highest BCUT2D eigenvalue weighted by Gasteiger charge is 1.90. The van der Waals surface area contributed by atoms with Crippen molar-refractivity contribution in [2.24, 2.45) is 10.3 Å². The summed E-state index contributed by atoms with van der Waals surface area (Å²) >= 11 is 0. The summed E-state index contributed by atoms with van der Waals surface area (Å²) < 4.78 is 0. The van der Waals surface area contributed by atoms with Crippen LogP contribution in [0.5, 0.6) is 0 Å². The first-order valence-electron chi connectivity index (χ1n) is 4.49. The molecule has 0 spiro atoms. The number of H-pyrrole nitrogens is 1. The summed E-state index contributed by atoms with van der Waals surface area (Å²) in [6.07, 6.45) is 4.87. The predicted octanol–water partition coefficient (Wildman–Crippen LogP) is 1.58. The maximum absolute atomic E-state index is 10.9. The third-order valence-corrected chi connectivity index (χ3v) is 1.65. The van der Waals surface area contributed by atoms with Crippen molar-refractivity contribution in [3.8, 4) is 0 Å². The Morgan fingerprint density at radius 2 is 2.38 bits per heavy atom. The number of hydrogen-bond donors (Lipinski definition) is 1. The van der Waals surface area contributed by atoms with E-state index in [4.69, 9.17) is 0 Å². The second kappa shape index (κ2) is 5.29. The largest absolute Gasteiger partial charge is 0.289 e. The van der Waals surface area contributed by atoms with Crippen LogP contribution in [-0.2, 0) is 0 Å². The molecule has 5 heteroatoms. The highest BCUT2D eigenvalue weighted by Crippen LogP contribution is 1.93. The van der Waals surface area contributed by atoms with Crippen molar-refractivity contribution in [1.29, 1.82) is 0 Å². The van der Waals surface area contributed by atoms with Crippen molar-refractivity contribution in [3.63, 3.8) is 0 Å². The zero-order valence-electron chi connectivity index (χ0n) is 7.73. The molecule has 0 amide bonds. The quantitative estimate of drug-likeness (QED) is 0.545. The van der Waals surface area contributed by atoms with Gasteiger partial charge in [0, 0.05) is 12.3 Å². The molecule has 0 aliphatic heterocycles. The van der Waals surface area contributed by atoms with Gasteiger partial charge in [0.05, 0.1) is 6.54 Å². The molecule has 0 unspecified atom stereocenters. The molecule has 1 rings (SSSR count). The Bertz CT molecular complexity index is 312. The number of nitrogens with one attached hydrogen (secondary N) is 1.